The Balaban J connectivity index is 2.11. The monoisotopic (exact) mass is 271 g/mol. The largest absolute Gasteiger partial charge is 0.481 e. The normalized spacial score (nSPS) is 17.9. The van der Waals surface area contributed by atoms with Gasteiger partial charge in [-0.15, -0.1) is 0 Å². The maximum atomic E-state index is 11.6. The van der Waals surface area contributed by atoms with E-state index in [4.69, 9.17) is 5.11 Å². The molecule has 0 bridgehead atoms. The molecule has 0 aromatic carbocycles. The third kappa shape index (κ3) is 6.42. The van der Waals surface area contributed by atoms with Gasteiger partial charge in [0.1, 0.15) is 0 Å². The first kappa shape index (κ1) is 15.8. The summed E-state index contributed by atoms with van der Waals surface area (Å²) in [6, 6.07) is 0.762. The first-order chi connectivity index (χ1) is 8.90. The van der Waals surface area contributed by atoms with Crippen LogP contribution in [0.25, 0.3) is 0 Å². The molecule has 0 aromatic rings. The van der Waals surface area contributed by atoms with Crippen molar-refractivity contribution in [3.05, 3.63) is 0 Å². The second-order valence-corrected chi connectivity index (χ2v) is 5.54. The molecule has 1 rings (SSSR count). The number of nitrogens with one attached hydrogen (secondary N) is 2. The number of hydrogen-bond acceptors (Lipinski definition) is 3. The molecule has 0 saturated heterocycles. The van der Waals surface area contributed by atoms with Crippen molar-refractivity contribution in [3.8, 4) is 0 Å². The number of nitrogens with zero attached hydrogens (tertiary/aromatic N) is 1. The Bertz CT molecular complexity index is 318. The lowest BCUT2D eigenvalue weighted by molar-refractivity contribution is -0.137. The van der Waals surface area contributed by atoms with Gasteiger partial charge in [0.05, 0.1) is 0 Å². The van der Waals surface area contributed by atoms with Crippen LogP contribution in [0.4, 0.5) is 4.79 Å². The number of likely N-dealkylation sites (N-methyl/N-ethyl adjacent to an activating group) is 1. The molecule has 1 saturated carbocycles. The van der Waals surface area contributed by atoms with Crippen molar-refractivity contribution in [2.45, 2.75) is 45.2 Å². The molecule has 0 heterocycles. The second-order valence-electron chi connectivity index (χ2n) is 5.54. The molecule has 0 radical (unpaired) electrons. The highest BCUT2D eigenvalue weighted by atomic mass is 16.4. The van der Waals surface area contributed by atoms with E-state index in [1.54, 1.807) is 6.92 Å². The van der Waals surface area contributed by atoms with Gasteiger partial charge in [0.2, 0.25) is 0 Å². The fraction of sp³-hybridized carbons (Fsp3) is 0.846. The number of carbonyl (C=O) groups is 2. The summed E-state index contributed by atoms with van der Waals surface area (Å²) in [4.78, 5) is 24.3. The van der Waals surface area contributed by atoms with E-state index in [0.717, 1.165) is 0 Å². The van der Waals surface area contributed by atoms with Gasteiger partial charge >= 0.3 is 12.0 Å². The average Bonchev–Trinajstić information content (AvgIpc) is 3.15. The summed E-state index contributed by atoms with van der Waals surface area (Å²) in [6.07, 6.45) is 2.57. The number of carbonyl (C=O) groups excluding carboxylic acids is 1. The predicted octanol–water partition coefficient (Wildman–Crippen LogP) is 0.879. The Morgan fingerprint density at radius 2 is 1.84 bits per heavy atom. The first-order valence-corrected chi connectivity index (χ1v) is 6.85. The standard InChI is InChI=1S/C13H25N3O3/c1-9(6-12(17)18)7-14-13(19)15-8-10(2)16(3)11-4-5-11/h9-11H,4-8H2,1-3H3,(H,17,18)(H2,14,15,19). The van der Waals surface area contributed by atoms with E-state index in [9.17, 15) is 9.59 Å². The Morgan fingerprint density at radius 1 is 1.26 bits per heavy atom. The Labute approximate surface area is 114 Å². The lowest BCUT2D eigenvalue weighted by Gasteiger charge is -2.24. The third-order valence-corrected chi connectivity index (χ3v) is 3.51. The number of aliphatic carboxylic acids is 1. The molecule has 6 heteroatoms. The molecule has 6 nitrogen and oxygen atoms in total. The summed E-state index contributed by atoms with van der Waals surface area (Å²) in [5.41, 5.74) is 0. The lowest BCUT2D eigenvalue weighted by Crippen LogP contribution is -2.45. The SMILES string of the molecule is CC(CNC(=O)NCC(C)N(C)C1CC1)CC(=O)O. The average molecular weight is 271 g/mol. The van der Waals surface area contributed by atoms with Gasteiger partial charge in [-0.3, -0.25) is 9.69 Å². The van der Waals surface area contributed by atoms with Crippen LogP contribution in [0.3, 0.4) is 0 Å². The Morgan fingerprint density at radius 3 is 2.37 bits per heavy atom. The van der Waals surface area contributed by atoms with Crippen LogP contribution in [-0.2, 0) is 4.79 Å². The van der Waals surface area contributed by atoms with Gasteiger partial charge in [0.25, 0.3) is 0 Å². The highest BCUT2D eigenvalue weighted by Gasteiger charge is 2.29. The molecule has 1 aliphatic carbocycles. The van der Waals surface area contributed by atoms with Crippen molar-refractivity contribution in [1.29, 1.82) is 0 Å². The zero-order valence-electron chi connectivity index (χ0n) is 12.0. The molecule has 0 aromatic heterocycles. The number of urea groups is 1. The van der Waals surface area contributed by atoms with Crippen molar-refractivity contribution in [2.24, 2.45) is 5.92 Å². The number of hydrogen-bond donors (Lipinski definition) is 3. The molecule has 2 unspecified atom stereocenters. The van der Waals surface area contributed by atoms with Crippen LogP contribution in [0.1, 0.15) is 33.1 Å². The molecule has 0 aliphatic heterocycles. The minimum Gasteiger partial charge on any atom is -0.481 e. The molecular weight excluding hydrogens is 246 g/mol. The van der Waals surface area contributed by atoms with Crippen molar-refractivity contribution in [2.75, 3.05) is 20.1 Å². The predicted molar refractivity (Wildman–Crippen MR) is 73.1 cm³/mol. The summed E-state index contributed by atoms with van der Waals surface area (Å²) < 4.78 is 0. The van der Waals surface area contributed by atoms with E-state index in [2.05, 4.69) is 29.5 Å². The van der Waals surface area contributed by atoms with Crippen LogP contribution in [0.2, 0.25) is 0 Å². The molecule has 3 N–H and O–H groups in total. The summed E-state index contributed by atoms with van der Waals surface area (Å²) in [5, 5.41) is 14.1. The second kappa shape index (κ2) is 7.33. The smallest absolute Gasteiger partial charge is 0.314 e. The van der Waals surface area contributed by atoms with Crippen LogP contribution in [0.5, 0.6) is 0 Å². The summed E-state index contributed by atoms with van der Waals surface area (Å²) in [6.45, 7) is 4.88. The molecule has 2 atom stereocenters. The van der Waals surface area contributed by atoms with Crippen molar-refractivity contribution < 1.29 is 14.7 Å². The molecule has 1 aliphatic rings. The molecule has 19 heavy (non-hydrogen) atoms. The number of carboxylic acids is 1. The zero-order valence-corrected chi connectivity index (χ0v) is 12.0. The highest BCUT2D eigenvalue weighted by Crippen LogP contribution is 2.26. The van der Waals surface area contributed by atoms with Crippen LogP contribution < -0.4 is 10.6 Å². The third-order valence-electron chi connectivity index (χ3n) is 3.51. The van der Waals surface area contributed by atoms with E-state index >= 15 is 0 Å². The van der Waals surface area contributed by atoms with Gasteiger partial charge in [-0.1, -0.05) is 6.92 Å². The highest BCUT2D eigenvalue weighted by molar-refractivity contribution is 5.74. The molecule has 2 amide bonds. The maximum Gasteiger partial charge on any atom is 0.314 e. The van der Waals surface area contributed by atoms with E-state index in [1.807, 2.05) is 0 Å². The maximum absolute atomic E-state index is 11.6. The minimum absolute atomic E-state index is 0.0604. The first-order valence-electron chi connectivity index (χ1n) is 6.85. The fourth-order valence-corrected chi connectivity index (χ4v) is 1.93. The molecule has 110 valence electrons. The number of carboxylic acid groups (broad SMARTS) is 1. The summed E-state index contributed by atoms with van der Waals surface area (Å²) >= 11 is 0. The number of rotatable bonds is 8. The van der Waals surface area contributed by atoms with Crippen molar-refractivity contribution in [3.63, 3.8) is 0 Å². The summed E-state index contributed by atoms with van der Waals surface area (Å²) in [7, 11) is 2.08. The Kier molecular flexibility index (Phi) is 6.08. The van der Waals surface area contributed by atoms with Crippen LogP contribution in [-0.4, -0.2) is 54.2 Å². The van der Waals surface area contributed by atoms with Gasteiger partial charge in [0.15, 0.2) is 0 Å². The van der Waals surface area contributed by atoms with Crippen LogP contribution in [0.15, 0.2) is 0 Å². The van der Waals surface area contributed by atoms with Gasteiger partial charge in [-0.05, 0) is 32.7 Å². The quantitative estimate of drug-likeness (QED) is 0.612. The van der Waals surface area contributed by atoms with Crippen LogP contribution >= 0.6 is 0 Å². The molecule has 0 spiro atoms. The zero-order chi connectivity index (χ0) is 14.4. The van der Waals surface area contributed by atoms with E-state index in [0.29, 0.717) is 25.2 Å². The summed E-state index contributed by atoms with van der Waals surface area (Å²) in [5.74, 6) is -0.899. The lowest BCUT2D eigenvalue weighted by atomic mass is 10.1. The van der Waals surface area contributed by atoms with Gasteiger partial charge in [0, 0.05) is 31.6 Å². The topological polar surface area (TPSA) is 81.7 Å². The van der Waals surface area contributed by atoms with Gasteiger partial charge < -0.3 is 15.7 Å². The van der Waals surface area contributed by atoms with E-state index in [-0.39, 0.29) is 18.4 Å². The Hall–Kier alpha value is -1.30. The van der Waals surface area contributed by atoms with Crippen LogP contribution in [0, 0.1) is 5.92 Å². The van der Waals surface area contributed by atoms with E-state index in [1.165, 1.54) is 12.8 Å². The van der Waals surface area contributed by atoms with Crippen molar-refractivity contribution >= 4 is 12.0 Å². The molecular formula is C13H25N3O3. The van der Waals surface area contributed by atoms with Crippen molar-refractivity contribution in [1.82, 2.24) is 15.5 Å². The fourth-order valence-electron chi connectivity index (χ4n) is 1.93. The van der Waals surface area contributed by atoms with Gasteiger partial charge in [-0.2, -0.15) is 0 Å². The molecule has 1 fully saturated rings. The number of amides is 2. The van der Waals surface area contributed by atoms with Gasteiger partial charge in [-0.25, -0.2) is 4.79 Å². The van der Waals surface area contributed by atoms with E-state index < -0.39 is 5.97 Å². The minimum atomic E-state index is -0.839.